The number of para-hydroxylation sites is 1. The van der Waals surface area contributed by atoms with E-state index in [1.54, 1.807) is 18.2 Å². The van der Waals surface area contributed by atoms with Gasteiger partial charge in [-0.15, -0.1) is 0 Å². The second kappa shape index (κ2) is 5.00. The number of nitrogens with one attached hydrogen (secondary N) is 2. The molecule has 3 aromatic rings. The summed E-state index contributed by atoms with van der Waals surface area (Å²) in [5.41, 5.74) is 1.97. The lowest BCUT2D eigenvalue weighted by molar-refractivity contribution is -0.143. The normalized spacial score (nSPS) is 21.3. The molecule has 2 aliphatic rings. The zero-order chi connectivity index (χ0) is 17.0. The van der Waals surface area contributed by atoms with Gasteiger partial charge in [-0.3, -0.25) is 5.32 Å². The number of fused-ring (bicyclic) bond motifs is 4. The number of aromatic nitrogens is 1. The van der Waals surface area contributed by atoms with E-state index in [0.717, 1.165) is 22.9 Å². The zero-order valence-electron chi connectivity index (χ0n) is 13.3. The SMILES string of the molecule is O=C(O)C1(c2ccc3c(c2)OCO3)NCCc2c1[nH]c1ccccc21. The maximum Gasteiger partial charge on any atom is 0.334 e. The highest BCUT2D eigenvalue weighted by Crippen LogP contribution is 2.42. The molecule has 3 heterocycles. The Labute approximate surface area is 143 Å². The van der Waals surface area contributed by atoms with Gasteiger partial charge in [-0.05, 0) is 35.7 Å². The molecule has 0 bridgehead atoms. The first kappa shape index (κ1) is 14.4. The molecule has 25 heavy (non-hydrogen) atoms. The molecule has 0 saturated carbocycles. The van der Waals surface area contributed by atoms with Gasteiger partial charge >= 0.3 is 5.97 Å². The fraction of sp³-hybridized carbons (Fsp3) is 0.211. The number of rotatable bonds is 2. The molecule has 1 unspecified atom stereocenters. The van der Waals surface area contributed by atoms with Gasteiger partial charge in [0.15, 0.2) is 17.0 Å². The quantitative estimate of drug-likeness (QED) is 0.669. The standard InChI is InChI=1S/C19H16N2O4/c22-18(23)19(11-5-6-15-16(9-11)25-10-24-15)17-13(7-8-20-19)12-3-1-2-4-14(12)21-17/h1-6,9,20-21H,7-8,10H2,(H,22,23). The number of carboxylic acid groups (broad SMARTS) is 1. The average molecular weight is 336 g/mol. The Kier molecular flexibility index (Phi) is 2.87. The van der Waals surface area contributed by atoms with Gasteiger partial charge in [0.25, 0.3) is 0 Å². The number of ether oxygens (including phenoxy) is 2. The molecule has 3 N–H and O–H groups in total. The van der Waals surface area contributed by atoms with Crippen molar-refractivity contribution in [2.45, 2.75) is 12.0 Å². The Bertz CT molecular complexity index is 1010. The van der Waals surface area contributed by atoms with Crippen LogP contribution >= 0.6 is 0 Å². The molecule has 0 saturated heterocycles. The molecule has 2 aliphatic heterocycles. The predicted octanol–water partition coefficient (Wildman–Crippen LogP) is 2.37. The fourth-order valence-electron chi connectivity index (χ4n) is 3.93. The fourth-order valence-corrected chi connectivity index (χ4v) is 3.93. The highest BCUT2D eigenvalue weighted by atomic mass is 16.7. The van der Waals surface area contributed by atoms with E-state index in [1.165, 1.54) is 0 Å². The van der Waals surface area contributed by atoms with Crippen LogP contribution in [0.3, 0.4) is 0 Å². The highest BCUT2D eigenvalue weighted by Gasteiger charge is 2.47. The molecule has 1 atom stereocenters. The van der Waals surface area contributed by atoms with Gasteiger partial charge in [0.2, 0.25) is 6.79 Å². The summed E-state index contributed by atoms with van der Waals surface area (Å²) in [4.78, 5) is 15.8. The number of aromatic amines is 1. The van der Waals surface area contributed by atoms with E-state index in [0.29, 0.717) is 29.3 Å². The van der Waals surface area contributed by atoms with Crippen LogP contribution in [0.25, 0.3) is 10.9 Å². The van der Waals surface area contributed by atoms with Crippen molar-refractivity contribution in [3.8, 4) is 11.5 Å². The number of carboxylic acids is 1. The molecule has 126 valence electrons. The van der Waals surface area contributed by atoms with Gasteiger partial charge < -0.3 is 19.6 Å². The first-order valence-corrected chi connectivity index (χ1v) is 8.19. The van der Waals surface area contributed by atoms with Gasteiger partial charge in [-0.1, -0.05) is 24.3 Å². The van der Waals surface area contributed by atoms with Crippen LogP contribution in [-0.4, -0.2) is 29.4 Å². The molecule has 5 rings (SSSR count). The van der Waals surface area contributed by atoms with E-state index >= 15 is 0 Å². The van der Waals surface area contributed by atoms with Gasteiger partial charge in [0.05, 0.1) is 5.69 Å². The number of H-pyrrole nitrogens is 1. The minimum atomic E-state index is -1.34. The van der Waals surface area contributed by atoms with Gasteiger partial charge in [-0.2, -0.15) is 0 Å². The van der Waals surface area contributed by atoms with Crippen molar-refractivity contribution >= 4 is 16.9 Å². The molecule has 0 spiro atoms. The van der Waals surface area contributed by atoms with Crippen molar-refractivity contribution in [2.24, 2.45) is 0 Å². The Balaban J connectivity index is 1.79. The van der Waals surface area contributed by atoms with Crippen molar-refractivity contribution < 1.29 is 19.4 Å². The van der Waals surface area contributed by atoms with Crippen molar-refractivity contribution in [3.05, 3.63) is 59.3 Å². The van der Waals surface area contributed by atoms with E-state index < -0.39 is 11.5 Å². The van der Waals surface area contributed by atoms with Crippen LogP contribution in [0, 0.1) is 0 Å². The van der Waals surface area contributed by atoms with E-state index in [2.05, 4.69) is 10.3 Å². The molecule has 0 fully saturated rings. The van der Waals surface area contributed by atoms with E-state index in [9.17, 15) is 9.90 Å². The van der Waals surface area contributed by atoms with Crippen LogP contribution in [0.2, 0.25) is 0 Å². The molecule has 6 heteroatoms. The largest absolute Gasteiger partial charge is 0.479 e. The summed E-state index contributed by atoms with van der Waals surface area (Å²) in [6.45, 7) is 0.736. The minimum Gasteiger partial charge on any atom is -0.479 e. The molecule has 0 amide bonds. The maximum atomic E-state index is 12.5. The summed E-state index contributed by atoms with van der Waals surface area (Å²) < 4.78 is 10.8. The Hall–Kier alpha value is -2.99. The molecular weight excluding hydrogens is 320 g/mol. The lowest BCUT2D eigenvalue weighted by atomic mass is 9.81. The molecule has 0 aliphatic carbocycles. The number of hydrogen-bond donors (Lipinski definition) is 3. The first-order chi connectivity index (χ1) is 12.2. The zero-order valence-corrected chi connectivity index (χ0v) is 13.3. The van der Waals surface area contributed by atoms with Gasteiger partial charge in [-0.25, -0.2) is 4.79 Å². The van der Waals surface area contributed by atoms with E-state index in [-0.39, 0.29) is 6.79 Å². The molecule has 2 aromatic carbocycles. The van der Waals surface area contributed by atoms with Crippen LogP contribution in [0.1, 0.15) is 16.8 Å². The first-order valence-electron chi connectivity index (χ1n) is 8.19. The third-order valence-electron chi connectivity index (χ3n) is 5.08. The summed E-state index contributed by atoms with van der Waals surface area (Å²) in [5, 5.41) is 14.5. The third-order valence-corrected chi connectivity index (χ3v) is 5.08. The van der Waals surface area contributed by atoms with Gasteiger partial charge in [0, 0.05) is 17.4 Å². The van der Waals surface area contributed by atoms with Crippen LogP contribution < -0.4 is 14.8 Å². The van der Waals surface area contributed by atoms with Crippen LogP contribution in [0.4, 0.5) is 0 Å². The van der Waals surface area contributed by atoms with E-state index in [4.69, 9.17) is 9.47 Å². The predicted molar refractivity (Wildman–Crippen MR) is 91.0 cm³/mol. The Morgan fingerprint density at radius 2 is 1.96 bits per heavy atom. The minimum absolute atomic E-state index is 0.157. The summed E-state index contributed by atoms with van der Waals surface area (Å²) in [5.74, 6) is 0.263. The topological polar surface area (TPSA) is 83.6 Å². The maximum absolute atomic E-state index is 12.5. The summed E-state index contributed by atoms with van der Waals surface area (Å²) in [7, 11) is 0. The van der Waals surface area contributed by atoms with Crippen LogP contribution in [0.15, 0.2) is 42.5 Å². The number of benzene rings is 2. The van der Waals surface area contributed by atoms with Crippen LogP contribution in [0.5, 0.6) is 11.5 Å². The molecular formula is C19H16N2O4. The van der Waals surface area contributed by atoms with E-state index in [1.807, 2.05) is 24.3 Å². The lowest BCUT2D eigenvalue weighted by Gasteiger charge is -2.35. The van der Waals surface area contributed by atoms with Crippen molar-refractivity contribution in [1.82, 2.24) is 10.3 Å². The average Bonchev–Trinajstić information content (AvgIpc) is 3.24. The lowest BCUT2D eigenvalue weighted by Crippen LogP contribution is -2.54. The van der Waals surface area contributed by atoms with Gasteiger partial charge in [0.1, 0.15) is 0 Å². The summed E-state index contributed by atoms with van der Waals surface area (Å²) in [6.07, 6.45) is 0.777. The highest BCUT2D eigenvalue weighted by molar-refractivity contribution is 5.92. The number of hydrogen-bond acceptors (Lipinski definition) is 4. The molecule has 0 radical (unpaired) electrons. The van der Waals surface area contributed by atoms with Crippen molar-refractivity contribution in [2.75, 3.05) is 13.3 Å². The van der Waals surface area contributed by atoms with Crippen molar-refractivity contribution in [3.63, 3.8) is 0 Å². The van der Waals surface area contributed by atoms with Crippen molar-refractivity contribution in [1.29, 1.82) is 0 Å². The summed E-state index contributed by atoms with van der Waals surface area (Å²) >= 11 is 0. The number of carbonyl (C=O) groups is 1. The molecule has 6 nitrogen and oxygen atoms in total. The third kappa shape index (κ3) is 1.85. The smallest absolute Gasteiger partial charge is 0.334 e. The second-order valence-corrected chi connectivity index (χ2v) is 6.32. The Morgan fingerprint density at radius 1 is 1.12 bits per heavy atom. The monoisotopic (exact) mass is 336 g/mol. The second-order valence-electron chi connectivity index (χ2n) is 6.32. The summed E-state index contributed by atoms with van der Waals surface area (Å²) in [6, 6.07) is 13.2. The van der Waals surface area contributed by atoms with Crippen LogP contribution in [-0.2, 0) is 16.8 Å². The Morgan fingerprint density at radius 3 is 2.84 bits per heavy atom. The molecule has 1 aromatic heterocycles. The number of aliphatic carboxylic acids is 1.